The fraction of sp³-hybridized carbons (Fsp3) is 1.00. The molecule has 0 spiro atoms. The molecule has 0 aromatic carbocycles. The van der Waals surface area contributed by atoms with Gasteiger partial charge in [-0.3, -0.25) is 0 Å². The molecule has 0 atom stereocenters. The van der Waals surface area contributed by atoms with E-state index >= 15 is 0 Å². The molecule has 0 saturated heterocycles. The molecule has 0 aliphatic carbocycles. The van der Waals surface area contributed by atoms with Gasteiger partial charge in [0.05, 0.1) is 13.2 Å². The second-order valence-electron chi connectivity index (χ2n) is 22.2. The fourth-order valence-electron chi connectivity index (χ4n) is 9.98. The maximum Gasteiger partial charge on any atom is 0.500 e. The Morgan fingerprint density at radius 1 is 0.219 bits per heavy atom. The Hall–Kier alpha value is 0.958. The molecule has 0 amide bonds. The number of hydrogen-bond acceptors (Lipinski definition) is 14. The minimum absolute atomic E-state index is 0.605. The van der Waals surface area contributed by atoms with Crippen LogP contribution in [0.2, 0.25) is 81.6 Å². The molecule has 0 aliphatic heterocycles. The van der Waals surface area contributed by atoms with Crippen molar-refractivity contribution in [2.75, 3.05) is 77.2 Å². The third-order valence-electron chi connectivity index (χ3n) is 14.5. The van der Waals surface area contributed by atoms with Gasteiger partial charge in [0.2, 0.25) is 0 Å². The summed E-state index contributed by atoms with van der Waals surface area (Å²) in [4.78, 5) is 10.2. The predicted octanol–water partition coefficient (Wildman–Crippen LogP) is 15.7. The monoisotopic (exact) mass is 1160 g/mol. The standard InChI is InChI=1S/C52H120O14Si7/c1-17-62-63-45-37-29-21-19-18-20-22-36-44-52-73(64-67(11,12)46-38-30-23-26-33-41-49-70(53-2,54-3)55-4,65-68(13,14)47-39-31-24-27-34-42-50-71(56-5,57-6)58-7)66-69(15,16)48-40-32-25-28-35-43-51-72(59-8,60-9)61-10/h17-52H2,1-16H3. The van der Waals surface area contributed by atoms with Crippen molar-refractivity contribution in [3.63, 3.8) is 0 Å². The molecular formula is C52H120O14Si7. The zero-order valence-corrected chi connectivity index (χ0v) is 57.7. The summed E-state index contributed by atoms with van der Waals surface area (Å²) in [5.41, 5.74) is 0. The van der Waals surface area contributed by atoms with Gasteiger partial charge in [0, 0.05) is 88.2 Å². The van der Waals surface area contributed by atoms with Crippen LogP contribution in [0.1, 0.15) is 180 Å². The van der Waals surface area contributed by atoms with Gasteiger partial charge in [-0.2, -0.15) is 0 Å². The first-order valence-corrected chi connectivity index (χ1v) is 46.2. The molecule has 0 radical (unpaired) electrons. The largest absolute Gasteiger partial charge is 0.500 e. The molecule has 0 fully saturated rings. The quantitative estimate of drug-likeness (QED) is 0.0248. The average Bonchev–Trinajstić information content (AvgIpc) is 3.36. The van der Waals surface area contributed by atoms with Crippen LogP contribution in [0.3, 0.4) is 0 Å². The first-order valence-electron chi connectivity index (χ1n) is 29.2. The lowest BCUT2D eigenvalue weighted by Gasteiger charge is -2.45. The molecule has 0 aromatic rings. The second-order valence-corrected chi connectivity index (χ2v) is 47.8. The van der Waals surface area contributed by atoms with Crippen molar-refractivity contribution in [2.45, 2.75) is 262 Å². The van der Waals surface area contributed by atoms with Gasteiger partial charge in [-0.05, 0) is 96.4 Å². The highest BCUT2D eigenvalue weighted by atomic mass is 28.5. The van der Waals surface area contributed by atoms with Crippen molar-refractivity contribution < 1.29 is 62.0 Å². The molecule has 0 bridgehead atoms. The summed E-state index contributed by atoms with van der Waals surface area (Å²) in [5.74, 6) is 0. The lowest BCUT2D eigenvalue weighted by Crippen LogP contribution is -2.61. The summed E-state index contributed by atoms with van der Waals surface area (Å²) in [6, 6.07) is 6.94. The molecule has 21 heteroatoms. The minimum Gasteiger partial charge on any atom is -0.417 e. The maximum atomic E-state index is 7.77. The van der Waals surface area contributed by atoms with Gasteiger partial charge in [0.15, 0.2) is 25.0 Å². The Morgan fingerprint density at radius 2 is 0.411 bits per heavy atom. The molecule has 0 saturated carbocycles. The predicted molar refractivity (Wildman–Crippen MR) is 318 cm³/mol. The molecule has 0 heterocycles. The SMILES string of the molecule is CCOOCCCCCCCCCCC[Si](O[Si](C)(C)CCCCCCCC[Si](OC)(OC)OC)(O[Si](C)(C)CCCCCCCC[Si](OC)(OC)OC)O[Si](C)(C)CCCCCCCC[Si](OC)(OC)OC. The molecule has 0 aliphatic rings. The van der Waals surface area contributed by atoms with E-state index in [-0.39, 0.29) is 0 Å². The van der Waals surface area contributed by atoms with Crippen LogP contribution in [0.15, 0.2) is 0 Å². The van der Waals surface area contributed by atoms with Crippen LogP contribution in [0, 0.1) is 0 Å². The zero-order valence-electron chi connectivity index (χ0n) is 50.7. The van der Waals surface area contributed by atoms with Crippen molar-refractivity contribution in [3.8, 4) is 0 Å². The number of unbranched alkanes of at least 4 members (excludes halogenated alkanes) is 23. The fourth-order valence-corrected chi connectivity index (χ4v) is 33.5. The van der Waals surface area contributed by atoms with Crippen LogP contribution in [0.25, 0.3) is 0 Å². The number of rotatable bonds is 56. The molecule has 440 valence electrons. The van der Waals surface area contributed by atoms with Crippen LogP contribution in [0.4, 0.5) is 0 Å². The third kappa shape index (κ3) is 36.0. The van der Waals surface area contributed by atoms with Crippen LogP contribution in [0.5, 0.6) is 0 Å². The van der Waals surface area contributed by atoms with Gasteiger partial charge in [-0.1, -0.05) is 141 Å². The van der Waals surface area contributed by atoms with Gasteiger partial charge >= 0.3 is 35.2 Å². The molecular weight excluding hydrogens is 1050 g/mol. The maximum absolute atomic E-state index is 7.77. The highest BCUT2D eigenvalue weighted by Crippen LogP contribution is 2.36. The van der Waals surface area contributed by atoms with Crippen LogP contribution in [-0.4, -0.2) is 137 Å². The summed E-state index contributed by atoms with van der Waals surface area (Å²) in [6.07, 6.45) is 32.2. The van der Waals surface area contributed by atoms with E-state index in [4.69, 9.17) is 62.0 Å². The highest BCUT2D eigenvalue weighted by molar-refractivity contribution is 6.90. The van der Waals surface area contributed by atoms with E-state index in [9.17, 15) is 0 Å². The van der Waals surface area contributed by atoms with Gasteiger partial charge in [0.1, 0.15) is 0 Å². The molecule has 73 heavy (non-hydrogen) atoms. The van der Waals surface area contributed by atoms with E-state index in [1.54, 1.807) is 64.0 Å². The summed E-state index contributed by atoms with van der Waals surface area (Å²) in [7, 11) is -1.74. The Kier molecular flexibility index (Phi) is 44.3. The average molecular weight is 1170 g/mol. The van der Waals surface area contributed by atoms with Crippen molar-refractivity contribution in [2.24, 2.45) is 0 Å². The van der Waals surface area contributed by atoms with Crippen molar-refractivity contribution >= 4 is 60.2 Å². The van der Waals surface area contributed by atoms with E-state index < -0.39 is 60.2 Å². The smallest absolute Gasteiger partial charge is 0.417 e. The molecule has 0 N–H and O–H groups in total. The number of hydrogen-bond donors (Lipinski definition) is 0. The van der Waals surface area contributed by atoms with E-state index in [0.717, 1.165) is 74.4 Å². The third-order valence-corrected chi connectivity index (χ3v) is 39.0. The van der Waals surface area contributed by atoms with E-state index in [0.29, 0.717) is 13.2 Å². The minimum atomic E-state index is -3.08. The Balaban J connectivity index is 6.06. The van der Waals surface area contributed by atoms with Gasteiger partial charge in [-0.25, -0.2) is 9.78 Å². The van der Waals surface area contributed by atoms with E-state index in [1.165, 1.54) is 141 Å². The van der Waals surface area contributed by atoms with Crippen molar-refractivity contribution in [1.82, 2.24) is 0 Å². The molecule has 0 unspecified atom stereocenters. The van der Waals surface area contributed by atoms with Crippen molar-refractivity contribution in [3.05, 3.63) is 0 Å². The normalized spacial score (nSPS) is 13.5. The van der Waals surface area contributed by atoms with Gasteiger partial charge < -0.3 is 52.2 Å². The second kappa shape index (κ2) is 43.7. The lowest BCUT2D eigenvalue weighted by molar-refractivity contribution is -0.291. The van der Waals surface area contributed by atoms with E-state index in [1.807, 2.05) is 6.92 Å². The highest BCUT2D eigenvalue weighted by Gasteiger charge is 2.52. The Labute approximate surface area is 458 Å². The first-order chi connectivity index (χ1) is 34.8. The topological polar surface area (TPSA) is 129 Å². The summed E-state index contributed by atoms with van der Waals surface area (Å²) < 4.78 is 74.2. The Bertz CT molecular complexity index is 1100. The zero-order chi connectivity index (χ0) is 54.9. The van der Waals surface area contributed by atoms with Crippen molar-refractivity contribution in [1.29, 1.82) is 0 Å². The molecule has 0 aromatic heterocycles. The summed E-state index contributed by atoms with van der Waals surface area (Å²) in [5, 5.41) is 0. The summed E-state index contributed by atoms with van der Waals surface area (Å²) >= 11 is 0. The van der Waals surface area contributed by atoms with Gasteiger partial charge in [0.25, 0.3) is 0 Å². The van der Waals surface area contributed by atoms with Crippen LogP contribution in [-0.2, 0) is 62.0 Å². The van der Waals surface area contributed by atoms with E-state index in [2.05, 4.69) is 39.3 Å². The molecule has 14 nitrogen and oxygen atoms in total. The lowest BCUT2D eigenvalue weighted by atomic mass is 10.1. The van der Waals surface area contributed by atoms with Crippen LogP contribution < -0.4 is 0 Å². The Morgan fingerprint density at radius 3 is 0.630 bits per heavy atom. The summed E-state index contributed by atoms with van der Waals surface area (Å²) in [6.45, 7) is 18.0. The molecule has 0 rings (SSSR count). The van der Waals surface area contributed by atoms with Gasteiger partial charge in [-0.15, -0.1) is 0 Å². The van der Waals surface area contributed by atoms with Crippen LogP contribution >= 0.6 is 0 Å². The first kappa shape index (κ1) is 74.0.